The maximum absolute atomic E-state index is 14.1. The predicted molar refractivity (Wildman–Crippen MR) is 113 cm³/mol. The molecule has 0 saturated carbocycles. The van der Waals surface area contributed by atoms with E-state index >= 15 is 0 Å². The number of nitrogens with one attached hydrogen (secondary N) is 1. The molecule has 1 amide bonds. The van der Waals surface area contributed by atoms with Crippen LogP contribution in [0.15, 0.2) is 41.3 Å². The molecule has 0 bridgehead atoms. The lowest BCUT2D eigenvalue weighted by Crippen LogP contribution is -2.18. The molecule has 30 heavy (non-hydrogen) atoms. The number of anilines is 1. The first-order valence-electron chi connectivity index (χ1n) is 8.83. The number of carbonyl (C=O) groups is 1. The molecule has 1 fully saturated rings. The third-order valence-electron chi connectivity index (χ3n) is 4.60. The van der Waals surface area contributed by atoms with E-state index < -0.39 is 21.6 Å². The molecule has 1 saturated heterocycles. The summed E-state index contributed by atoms with van der Waals surface area (Å²) < 4.78 is 49.9. The molecule has 2 aromatic rings. The number of hydrogen-bond donors (Lipinski definition) is 1. The number of carbonyl (C=O) groups excluding carboxylic acids is 1. The SMILES string of the molecule is COc1ccc(S(=O)(=O)C[C@H]2CCOC2)cc1C(=O)Nc1ccc(C#N)cc1F.S. The van der Waals surface area contributed by atoms with E-state index in [1.54, 1.807) is 6.07 Å². The topological polar surface area (TPSA) is 105 Å². The Kier molecular flexibility index (Phi) is 7.83. The number of amides is 1. The molecular formula is C20H21FN2O5S2. The first-order chi connectivity index (χ1) is 13.8. The number of methoxy groups -OCH3 is 1. The highest BCUT2D eigenvalue weighted by molar-refractivity contribution is 7.91. The van der Waals surface area contributed by atoms with E-state index in [0.717, 1.165) is 6.07 Å². The maximum Gasteiger partial charge on any atom is 0.259 e. The molecule has 0 unspecified atom stereocenters. The zero-order valence-corrected chi connectivity index (χ0v) is 18.0. The molecule has 1 heterocycles. The third-order valence-corrected chi connectivity index (χ3v) is 6.48. The standard InChI is InChI=1S/C20H19FN2O5S.H2S/c1-27-19-5-3-15(29(25,26)12-14-6-7-28-11-14)9-16(19)20(24)23-18-4-2-13(10-22)8-17(18)21;/h2-5,8-9,14H,6-7,11-12H2,1H3,(H,23,24);1H2/t14-;/m0./s1. The van der Waals surface area contributed by atoms with Gasteiger partial charge in [0.15, 0.2) is 9.84 Å². The Morgan fingerprint density at radius 1 is 1.33 bits per heavy atom. The fourth-order valence-electron chi connectivity index (χ4n) is 3.05. The minimum absolute atomic E-state index is 0. The average Bonchev–Trinajstić information content (AvgIpc) is 3.21. The van der Waals surface area contributed by atoms with Gasteiger partial charge in [0.05, 0.1) is 47.2 Å². The normalized spacial score (nSPS) is 15.7. The van der Waals surface area contributed by atoms with Crippen LogP contribution in [0, 0.1) is 23.1 Å². The molecule has 0 spiro atoms. The van der Waals surface area contributed by atoms with E-state index in [2.05, 4.69) is 5.32 Å². The molecule has 2 aromatic carbocycles. The lowest BCUT2D eigenvalue weighted by molar-refractivity contribution is 0.102. The van der Waals surface area contributed by atoms with Crippen molar-refractivity contribution in [3.63, 3.8) is 0 Å². The van der Waals surface area contributed by atoms with Gasteiger partial charge in [-0.25, -0.2) is 12.8 Å². The zero-order chi connectivity index (χ0) is 21.0. The number of nitriles is 1. The van der Waals surface area contributed by atoms with E-state index in [4.69, 9.17) is 14.7 Å². The highest BCUT2D eigenvalue weighted by Gasteiger charge is 2.26. The van der Waals surface area contributed by atoms with Crippen LogP contribution in [0.2, 0.25) is 0 Å². The van der Waals surface area contributed by atoms with Crippen LogP contribution in [-0.4, -0.2) is 40.4 Å². The maximum atomic E-state index is 14.1. The molecule has 3 rings (SSSR count). The molecule has 0 aromatic heterocycles. The Morgan fingerprint density at radius 3 is 2.70 bits per heavy atom. The van der Waals surface area contributed by atoms with Crippen LogP contribution in [-0.2, 0) is 14.6 Å². The van der Waals surface area contributed by atoms with Crippen molar-refractivity contribution in [1.82, 2.24) is 0 Å². The van der Waals surface area contributed by atoms with Crippen LogP contribution in [0.1, 0.15) is 22.3 Å². The fraction of sp³-hybridized carbons (Fsp3) is 0.300. The molecule has 0 aliphatic carbocycles. The Labute approximate surface area is 181 Å². The number of hydrogen-bond acceptors (Lipinski definition) is 6. The Hall–Kier alpha value is -2.61. The van der Waals surface area contributed by atoms with E-state index in [1.165, 1.54) is 37.4 Å². The van der Waals surface area contributed by atoms with Crippen molar-refractivity contribution in [2.45, 2.75) is 11.3 Å². The summed E-state index contributed by atoms with van der Waals surface area (Å²) >= 11 is 0. The van der Waals surface area contributed by atoms with Crippen LogP contribution in [0.3, 0.4) is 0 Å². The summed E-state index contributed by atoms with van der Waals surface area (Å²) in [6.45, 7) is 0.924. The number of ether oxygens (including phenoxy) is 2. The molecular weight excluding hydrogens is 431 g/mol. The quantitative estimate of drug-likeness (QED) is 0.723. The minimum Gasteiger partial charge on any atom is -0.496 e. The average molecular weight is 453 g/mol. The smallest absolute Gasteiger partial charge is 0.259 e. The van der Waals surface area contributed by atoms with Gasteiger partial charge < -0.3 is 14.8 Å². The monoisotopic (exact) mass is 452 g/mol. The van der Waals surface area contributed by atoms with Crippen molar-refractivity contribution in [1.29, 1.82) is 5.26 Å². The van der Waals surface area contributed by atoms with Crippen molar-refractivity contribution in [3.05, 3.63) is 53.3 Å². The van der Waals surface area contributed by atoms with Crippen LogP contribution in [0.4, 0.5) is 10.1 Å². The number of halogens is 1. The number of sulfone groups is 1. The van der Waals surface area contributed by atoms with Crippen LogP contribution in [0.5, 0.6) is 5.75 Å². The van der Waals surface area contributed by atoms with Crippen molar-refractivity contribution < 1.29 is 27.1 Å². The van der Waals surface area contributed by atoms with Gasteiger partial charge in [0, 0.05) is 6.61 Å². The minimum atomic E-state index is -3.64. The largest absolute Gasteiger partial charge is 0.496 e. The van der Waals surface area contributed by atoms with Crippen molar-refractivity contribution in [2.24, 2.45) is 5.92 Å². The molecule has 0 radical (unpaired) electrons. The fourth-order valence-corrected chi connectivity index (χ4v) is 4.70. The van der Waals surface area contributed by atoms with Gasteiger partial charge in [-0.15, -0.1) is 0 Å². The lowest BCUT2D eigenvalue weighted by atomic mass is 10.1. The summed E-state index contributed by atoms with van der Waals surface area (Å²) in [4.78, 5) is 12.7. The van der Waals surface area contributed by atoms with Gasteiger partial charge in [-0.2, -0.15) is 18.8 Å². The summed E-state index contributed by atoms with van der Waals surface area (Å²) in [5, 5.41) is 11.2. The predicted octanol–water partition coefficient (Wildman–Crippen LogP) is 2.88. The van der Waals surface area contributed by atoms with Gasteiger partial charge in [-0.3, -0.25) is 4.79 Å². The number of nitrogens with zero attached hydrogens (tertiary/aromatic N) is 1. The van der Waals surface area contributed by atoms with Gasteiger partial charge >= 0.3 is 0 Å². The Bertz CT molecular complexity index is 1080. The van der Waals surface area contributed by atoms with Crippen LogP contribution in [0.25, 0.3) is 0 Å². The van der Waals surface area contributed by atoms with Gasteiger partial charge in [-0.05, 0) is 48.7 Å². The molecule has 1 atom stereocenters. The number of rotatable bonds is 6. The summed E-state index contributed by atoms with van der Waals surface area (Å²) in [5.74, 6) is -1.52. The van der Waals surface area contributed by atoms with Gasteiger partial charge in [0.1, 0.15) is 11.6 Å². The number of benzene rings is 2. The Morgan fingerprint density at radius 2 is 2.10 bits per heavy atom. The summed E-state index contributed by atoms with van der Waals surface area (Å²) in [6.07, 6.45) is 0.667. The second-order valence-electron chi connectivity index (χ2n) is 6.63. The van der Waals surface area contributed by atoms with E-state index in [-0.39, 0.29) is 52.6 Å². The summed E-state index contributed by atoms with van der Waals surface area (Å²) in [6, 6.07) is 9.42. The second kappa shape index (κ2) is 9.93. The summed E-state index contributed by atoms with van der Waals surface area (Å²) in [5.41, 5.74) is -0.0607. The molecule has 1 N–H and O–H groups in total. The van der Waals surface area contributed by atoms with Gasteiger partial charge in [-0.1, -0.05) is 0 Å². The second-order valence-corrected chi connectivity index (χ2v) is 8.67. The highest BCUT2D eigenvalue weighted by Crippen LogP contribution is 2.27. The highest BCUT2D eigenvalue weighted by atomic mass is 32.2. The first-order valence-corrected chi connectivity index (χ1v) is 10.5. The van der Waals surface area contributed by atoms with Gasteiger partial charge in [0.25, 0.3) is 5.91 Å². The van der Waals surface area contributed by atoms with E-state index in [1.807, 2.05) is 0 Å². The molecule has 160 valence electrons. The molecule has 1 aliphatic rings. The lowest BCUT2D eigenvalue weighted by Gasteiger charge is -2.13. The third kappa shape index (κ3) is 5.30. The van der Waals surface area contributed by atoms with E-state index in [9.17, 15) is 17.6 Å². The van der Waals surface area contributed by atoms with Gasteiger partial charge in [0.2, 0.25) is 0 Å². The van der Waals surface area contributed by atoms with Crippen LogP contribution < -0.4 is 10.1 Å². The molecule has 7 nitrogen and oxygen atoms in total. The van der Waals surface area contributed by atoms with E-state index in [0.29, 0.717) is 19.6 Å². The molecule has 1 aliphatic heterocycles. The van der Waals surface area contributed by atoms with Crippen LogP contribution >= 0.6 is 13.5 Å². The molecule has 10 heteroatoms. The first kappa shape index (κ1) is 23.7. The van der Waals surface area contributed by atoms with Crippen molar-refractivity contribution in [3.8, 4) is 11.8 Å². The zero-order valence-electron chi connectivity index (χ0n) is 16.1. The summed E-state index contributed by atoms with van der Waals surface area (Å²) in [7, 11) is -2.29. The Balaban J connectivity index is 0.00000320. The van der Waals surface area contributed by atoms with Crippen molar-refractivity contribution >= 4 is 34.9 Å². The van der Waals surface area contributed by atoms with Crippen molar-refractivity contribution in [2.75, 3.05) is 31.4 Å².